The van der Waals surface area contributed by atoms with Gasteiger partial charge in [-0.25, -0.2) is 0 Å². The fraction of sp³-hybridized carbons (Fsp3) is 0.615. The van der Waals surface area contributed by atoms with Crippen molar-refractivity contribution in [1.82, 2.24) is 4.98 Å². The third kappa shape index (κ3) is 1.56. The van der Waals surface area contributed by atoms with Gasteiger partial charge < -0.3 is 0 Å². The Morgan fingerprint density at radius 2 is 2.07 bits per heavy atom. The van der Waals surface area contributed by atoms with Crippen molar-refractivity contribution < 1.29 is 0 Å². The summed E-state index contributed by atoms with van der Waals surface area (Å²) in [6, 6.07) is 4.43. The van der Waals surface area contributed by atoms with Crippen molar-refractivity contribution in [3.63, 3.8) is 0 Å². The largest absolute Gasteiger partial charge is 0.261 e. The highest BCUT2D eigenvalue weighted by Gasteiger charge is 2.34. The van der Waals surface area contributed by atoms with Crippen LogP contribution in [0.3, 0.4) is 0 Å². The van der Waals surface area contributed by atoms with Crippen LogP contribution in [0.25, 0.3) is 0 Å². The van der Waals surface area contributed by atoms with Crippen LogP contribution in [-0.2, 0) is 5.41 Å². The molecule has 0 radical (unpaired) electrons. The zero-order chi connectivity index (χ0) is 10.2. The lowest BCUT2D eigenvalue weighted by Crippen LogP contribution is -2.31. The van der Waals surface area contributed by atoms with Crippen LogP contribution in [0.5, 0.6) is 0 Å². The molecule has 0 bridgehead atoms. The van der Waals surface area contributed by atoms with E-state index in [1.165, 1.54) is 30.5 Å². The van der Waals surface area contributed by atoms with Gasteiger partial charge in [0.1, 0.15) is 0 Å². The van der Waals surface area contributed by atoms with Gasteiger partial charge in [-0.15, -0.1) is 0 Å². The SMILES string of the molecule is CC(C)c1ccnc(C2(C)CCC2)c1. The van der Waals surface area contributed by atoms with Crippen LogP contribution in [0.15, 0.2) is 18.3 Å². The number of rotatable bonds is 2. The quantitative estimate of drug-likeness (QED) is 0.692. The van der Waals surface area contributed by atoms with Crippen molar-refractivity contribution in [3.05, 3.63) is 29.6 Å². The van der Waals surface area contributed by atoms with E-state index in [0.29, 0.717) is 11.3 Å². The van der Waals surface area contributed by atoms with Gasteiger partial charge in [-0.3, -0.25) is 4.98 Å². The Balaban J connectivity index is 2.30. The molecule has 14 heavy (non-hydrogen) atoms. The molecule has 1 saturated carbocycles. The van der Waals surface area contributed by atoms with Gasteiger partial charge in [-0.2, -0.15) is 0 Å². The lowest BCUT2D eigenvalue weighted by atomic mass is 9.68. The van der Waals surface area contributed by atoms with Crippen molar-refractivity contribution in [3.8, 4) is 0 Å². The van der Waals surface area contributed by atoms with E-state index in [1.54, 1.807) is 0 Å². The standard InChI is InChI=1S/C13H19N/c1-10(2)11-5-8-14-12(9-11)13(3)6-4-7-13/h5,8-10H,4,6-7H2,1-3H3. The summed E-state index contributed by atoms with van der Waals surface area (Å²) in [5.74, 6) is 0.612. The lowest BCUT2D eigenvalue weighted by Gasteiger charge is -2.38. The topological polar surface area (TPSA) is 12.9 Å². The van der Waals surface area contributed by atoms with Crippen molar-refractivity contribution >= 4 is 0 Å². The van der Waals surface area contributed by atoms with Gasteiger partial charge in [0.25, 0.3) is 0 Å². The van der Waals surface area contributed by atoms with E-state index in [0.717, 1.165) is 0 Å². The lowest BCUT2D eigenvalue weighted by molar-refractivity contribution is 0.264. The highest BCUT2D eigenvalue weighted by Crippen LogP contribution is 2.42. The molecule has 1 aliphatic rings. The first-order chi connectivity index (χ1) is 6.62. The second-order valence-electron chi connectivity index (χ2n) is 5.04. The normalized spacial score (nSPS) is 19.4. The summed E-state index contributed by atoms with van der Waals surface area (Å²) >= 11 is 0. The molecule has 1 heteroatoms. The highest BCUT2D eigenvalue weighted by atomic mass is 14.7. The Hall–Kier alpha value is -0.850. The van der Waals surface area contributed by atoms with Crippen molar-refractivity contribution in [2.24, 2.45) is 0 Å². The van der Waals surface area contributed by atoms with Crippen LogP contribution < -0.4 is 0 Å². The molecule has 0 aliphatic heterocycles. The average molecular weight is 189 g/mol. The summed E-state index contributed by atoms with van der Waals surface area (Å²) < 4.78 is 0. The van der Waals surface area contributed by atoms with Gasteiger partial charge in [0.05, 0.1) is 0 Å². The van der Waals surface area contributed by atoms with Crippen molar-refractivity contribution in [2.75, 3.05) is 0 Å². The number of nitrogens with zero attached hydrogens (tertiary/aromatic N) is 1. The summed E-state index contributed by atoms with van der Waals surface area (Å²) in [6.07, 6.45) is 5.95. The number of pyridine rings is 1. The summed E-state index contributed by atoms with van der Waals surface area (Å²) in [4.78, 5) is 4.52. The molecule has 76 valence electrons. The van der Waals surface area contributed by atoms with E-state index in [1.807, 2.05) is 6.20 Å². The van der Waals surface area contributed by atoms with E-state index >= 15 is 0 Å². The van der Waals surface area contributed by atoms with Crippen LogP contribution in [0.1, 0.15) is 57.2 Å². The number of hydrogen-bond donors (Lipinski definition) is 0. The molecule has 0 atom stereocenters. The minimum Gasteiger partial charge on any atom is -0.261 e. The molecule has 0 aromatic carbocycles. The zero-order valence-electron chi connectivity index (χ0n) is 9.38. The fourth-order valence-electron chi connectivity index (χ4n) is 2.10. The molecular weight excluding hydrogens is 170 g/mol. The molecule has 1 aliphatic carbocycles. The molecule has 1 heterocycles. The Bertz CT molecular complexity index is 324. The third-order valence-corrected chi connectivity index (χ3v) is 3.53. The second-order valence-corrected chi connectivity index (χ2v) is 5.04. The van der Waals surface area contributed by atoms with E-state index < -0.39 is 0 Å². The van der Waals surface area contributed by atoms with Crippen LogP contribution in [0, 0.1) is 0 Å². The van der Waals surface area contributed by atoms with E-state index in [4.69, 9.17) is 0 Å². The summed E-state index contributed by atoms with van der Waals surface area (Å²) in [7, 11) is 0. The van der Waals surface area contributed by atoms with Crippen LogP contribution in [-0.4, -0.2) is 4.98 Å². The maximum absolute atomic E-state index is 4.52. The van der Waals surface area contributed by atoms with E-state index in [2.05, 4.69) is 37.9 Å². The van der Waals surface area contributed by atoms with E-state index in [-0.39, 0.29) is 0 Å². The van der Waals surface area contributed by atoms with Gasteiger partial charge in [0.2, 0.25) is 0 Å². The number of hydrogen-bond acceptors (Lipinski definition) is 1. The average Bonchev–Trinajstić information content (AvgIpc) is 2.14. The van der Waals surface area contributed by atoms with Crippen LogP contribution in [0.2, 0.25) is 0 Å². The Morgan fingerprint density at radius 3 is 2.57 bits per heavy atom. The molecule has 1 aromatic rings. The smallest absolute Gasteiger partial charge is 0.0465 e. The highest BCUT2D eigenvalue weighted by molar-refractivity contribution is 5.26. The maximum Gasteiger partial charge on any atom is 0.0465 e. The predicted octanol–water partition coefficient (Wildman–Crippen LogP) is 3.65. The second kappa shape index (κ2) is 3.38. The molecule has 0 N–H and O–H groups in total. The molecule has 2 rings (SSSR count). The van der Waals surface area contributed by atoms with Crippen LogP contribution >= 0.6 is 0 Å². The zero-order valence-corrected chi connectivity index (χ0v) is 9.38. The van der Waals surface area contributed by atoms with Crippen LogP contribution in [0.4, 0.5) is 0 Å². The molecule has 0 amide bonds. The molecule has 0 saturated heterocycles. The molecular formula is C13H19N. The van der Waals surface area contributed by atoms with Gasteiger partial charge in [0.15, 0.2) is 0 Å². The molecule has 1 aromatic heterocycles. The first-order valence-electron chi connectivity index (χ1n) is 5.58. The maximum atomic E-state index is 4.52. The van der Waals surface area contributed by atoms with E-state index in [9.17, 15) is 0 Å². The Morgan fingerprint density at radius 1 is 1.36 bits per heavy atom. The number of aromatic nitrogens is 1. The van der Waals surface area contributed by atoms with Gasteiger partial charge in [-0.1, -0.05) is 27.2 Å². The first-order valence-corrected chi connectivity index (χ1v) is 5.58. The van der Waals surface area contributed by atoms with Crippen molar-refractivity contribution in [2.45, 2.75) is 51.4 Å². The minimum absolute atomic E-state index is 0.380. The fourth-order valence-corrected chi connectivity index (χ4v) is 2.10. The summed E-state index contributed by atoms with van der Waals surface area (Å²) in [5, 5.41) is 0. The van der Waals surface area contributed by atoms with Gasteiger partial charge in [-0.05, 0) is 36.5 Å². The van der Waals surface area contributed by atoms with Gasteiger partial charge >= 0.3 is 0 Å². The molecule has 1 nitrogen and oxygen atoms in total. The Labute approximate surface area is 86.6 Å². The monoisotopic (exact) mass is 189 g/mol. The third-order valence-electron chi connectivity index (χ3n) is 3.53. The molecule has 1 fully saturated rings. The molecule has 0 spiro atoms. The molecule has 0 unspecified atom stereocenters. The summed E-state index contributed by atoms with van der Waals surface area (Å²) in [5.41, 5.74) is 3.10. The Kier molecular flexibility index (Phi) is 2.34. The minimum atomic E-state index is 0.380. The first kappa shape index (κ1) is 9.70. The van der Waals surface area contributed by atoms with Crippen molar-refractivity contribution in [1.29, 1.82) is 0 Å². The summed E-state index contributed by atoms with van der Waals surface area (Å²) in [6.45, 7) is 6.81. The van der Waals surface area contributed by atoms with Gasteiger partial charge in [0, 0.05) is 17.3 Å². The predicted molar refractivity (Wildman–Crippen MR) is 59.5 cm³/mol.